The lowest BCUT2D eigenvalue weighted by Gasteiger charge is -2.07. The van der Waals surface area contributed by atoms with Crippen molar-refractivity contribution >= 4 is 35.3 Å². The van der Waals surface area contributed by atoms with Gasteiger partial charge < -0.3 is 14.8 Å². The molecule has 2 N–H and O–H groups in total. The summed E-state index contributed by atoms with van der Waals surface area (Å²) in [6.45, 7) is 3.88. The van der Waals surface area contributed by atoms with Gasteiger partial charge in [0.15, 0.2) is 0 Å². The lowest BCUT2D eigenvalue weighted by atomic mass is 10.2. The summed E-state index contributed by atoms with van der Waals surface area (Å²) < 4.78 is 10.5. The third kappa shape index (κ3) is 6.16. The number of methoxy groups -OCH3 is 1. The molecule has 0 saturated heterocycles. The smallest absolute Gasteiger partial charge is 0.329 e. The average Bonchev–Trinajstić information content (AvgIpc) is 2.67. The molecule has 0 fully saturated rings. The molecule has 0 bridgehead atoms. The van der Waals surface area contributed by atoms with Crippen molar-refractivity contribution in [2.75, 3.05) is 19.0 Å². The van der Waals surface area contributed by atoms with E-state index >= 15 is 0 Å². The summed E-state index contributed by atoms with van der Waals surface area (Å²) in [5, 5.41) is 6.70. The van der Waals surface area contributed by atoms with Crippen LogP contribution in [-0.4, -0.2) is 31.7 Å². The van der Waals surface area contributed by atoms with Crippen LogP contribution in [0.3, 0.4) is 0 Å². The van der Waals surface area contributed by atoms with Gasteiger partial charge in [0.2, 0.25) is 0 Å². The molecule has 2 amide bonds. The van der Waals surface area contributed by atoms with Crippen LogP contribution in [0.2, 0.25) is 5.02 Å². The van der Waals surface area contributed by atoms with Gasteiger partial charge in [0.1, 0.15) is 18.1 Å². The molecule has 7 nitrogen and oxygen atoms in total. The number of carbonyl (C=O) groups excluding carboxylic acids is 2. The zero-order chi connectivity index (χ0) is 19.6. The molecule has 2 aromatic carbocycles. The lowest BCUT2D eigenvalue weighted by Crippen LogP contribution is -2.32. The second kappa shape index (κ2) is 9.98. The number of hydrazone groups is 1. The zero-order valence-electron chi connectivity index (χ0n) is 14.6. The van der Waals surface area contributed by atoms with E-state index in [1.807, 2.05) is 0 Å². The van der Waals surface area contributed by atoms with Gasteiger partial charge in [-0.05, 0) is 30.3 Å². The number of halogens is 1. The van der Waals surface area contributed by atoms with E-state index in [1.54, 1.807) is 48.5 Å². The minimum atomic E-state index is -0.926. The van der Waals surface area contributed by atoms with Crippen molar-refractivity contribution in [3.8, 4) is 11.5 Å². The largest absolute Gasteiger partial charge is 0.497 e. The number of benzene rings is 2. The fourth-order valence-electron chi connectivity index (χ4n) is 2.00. The number of ether oxygens (including phenoxy) is 2. The molecule has 0 spiro atoms. The molecule has 8 heteroatoms. The Morgan fingerprint density at radius 1 is 1.22 bits per heavy atom. The van der Waals surface area contributed by atoms with Crippen molar-refractivity contribution in [2.45, 2.75) is 0 Å². The maximum absolute atomic E-state index is 11.9. The zero-order valence-corrected chi connectivity index (χ0v) is 15.3. The van der Waals surface area contributed by atoms with E-state index in [4.69, 9.17) is 21.1 Å². The molecule has 2 rings (SSSR count). The fourth-order valence-corrected chi connectivity index (χ4v) is 2.18. The van der Waals surface area contributed by atoms with Crippen molar-refractivity contribution in [3.63, 3.8) is 0 Å². The summed E-state index contributed by atoms with van der Waals surface area (Å²) in [7, 11) is 1.51. The molecule has 0 aliphatic rings. The molecule has 140 valence electrons. The highest BCUT2D eigenvalue weighted by Gasteiger charge is 2.13. The molecule has 0 radical (unpaired) electrons. The monoisotopic (exact) mass is 387 g/mol. The molecule has 0 unspecified atom stereocenters. The number of anilines is 1. The molecular weight excluding hydrogens is 370 g/mol. The minimum absolute atomic E-state index is 0.303. The second-order valence-electron chi connectivity index (χ2n) is 5.17. The van der Waals surface area contributed by atoms with E-state index in [1.165, 1.54) is 13.3 Å². The Kier molecular flexibility index (Phi) is 7.39. The first-order valence-corrected chi connectivity index (χ1v) is 8.23. The number of nitrogens with one attached hydrogen (secondary N) is 2. The van der Waals surface area contributed by atoms with E-state index in [9.17, 15) is 9.59 Å². The van der Waals surface area contributed by atoms with Crippen LogP contribution in [0, 0.1) is 0 Å². The van der Waals surface area contributed by atoms with E-state index < -0.39 is 11.8 Å². The van der Waals surface area contributed by atoms with Gasteiger partial charge in [0, 0.05) is 22.3 Å². The highest BCUT2D eigenvalue weighted by molar-refractivity contribution is 6.39. The number of hydrogen-bond acceptors (Lipinski definition) is 5. The van der Waals surface area contributed by atoms with E-state index in [2.05, 4.69) is 22.4 Å². The van der Waals surface area contributed by atoms with Crippen LogP contribution >= 0.6 is 11.6 Å². The maximum Gasteiger partial charge on any atom is 0.329 e. The first-order chi connectivity index (χ1) is 13.0. The minimum Gasteiger partial charge on any atom is -0.497 e. The Bertz CT molecular complexity index is 868. The highest BCUT2D eigenvalue weighted by atomic mass is 35.5. The van der Waals surface area contributed by atoms with Gasteiger partial charge in [-0.1, -0.05) is 30.3 Å². The normalized spacial score (nSPS) is 10.3. The van der Waals surface area contributed by atoms with Crippen LogP contribution in [0.15, 0.2) is 60.2 Å². The number of hydrogen-bond donors (Lipinski definition) is 2. The quantitative estimate of drug-likeness (QED) is 0.331. The molecule has 0 heterocycles. The Morgan fingerprint density at radius 3 is 2.78 bits per heavy atom. The third-order valence-corrected chi connectivity index (χ3v) is 3.47. The molecule has 0 aromatic heterocycles. The van der Waals surface area contributed by atoms with Gasteiger partial charge in [0.25, 0.3) is 0 Å². The first-order valence-electron chi connectivity index (χ1n) is 7.85. The molecule has 0 atom stereocenters. The molecular formula is C19H18ClN3O4. The van der Waals surface area contributed by atoms with Crippen molar-refractivity contribution in [1.29, 1.82) is 0 Å². The Labute approximate surface area is 161 Å². The fraction of sp³-hybridized carbons (Fsp3) is 0.105. The Morgan fingerprint density at radius 2 is 2.04 bits per heavy atom. The summed E-state index contributed by atoms with van der Waals surface area (Å²) in [4.78, 5) is 23.8. The Balaban J connectivity index is 1.98. The van der Waals surface area contributed by atoms with Gasteiger partial charge in [-0.15, -0.1) is 0 Å². The van der Waals surface area contributed by atoms with Crippen LogP contribution < -0.4 is 20.2 Å². The van der Waals surface area contributed by atoms with E-state index in [0.717, 1.165) is 0 Å². The predicted molar refractivity (Wildman–Crippen MR) is 105 cm³/mol. The van der Waals surface area contributed by atoms with E-state index in [-0.39, 0.29) is 0 Å². The van der Waals surface area contributed by atoms with Crippen molar-refractivity contribution in [1.82, 2.24) is 5.43 Å². The van der Waals surface area contributed by atoms with Crippen LogP contribution in [-0.2, 0) is 9.59 Å². The molecule has 0 saturated carbocycles. The summed E-state index contributed by atoms with van der Waals surface area (Å²) >= 11 is 5.96. The molecule has 2 aromatic rings. The van der Waals surface area contributed by atoms with Crippen LogP contribution in [0.25, 0.3) is 0 Å². The van der Waals surface area contributed by atoms with Gasteiger partial charge in [-0.25, -0.2) is 5.43 Å². The second-order valence-corrected chi connectivity index (χ2v) is 5.60. The van der Waals surface area contributed by atoms with Gasteiger partial charge >= 0.3 is 11.8 Å². The number of rotatable bonds is 7. The first kappa shape index (κ1) is 20.0. The van der Waals surface area contributed by atoms with Crippen molar-refractivity contribution < 1.29 is 19.1 Å². The number of amides is 2. The lowest BCUT2D eigenvalue weighted by molar-refractivity contribution is -0.136. The van der Waals surface area contributed by atoms with Crippen molar-refractivity contribution in [3.05, 3.63) is 65.7 Å². The third-order valence-electron chi connectivity index (χ3n) is 3.23. The van der Waals surface area contributed by atoms with E-state index in [0.29, 0.717) is 34.4 Å². The molecule has 27 heavy (non-hydrogen) atoms. The summed E-state index contributed by atoms with van der Waals surface area (Å²) in [5.41, 5.74) is 3.12. The van der Waals surface area contributed by atoms with Gasteiger partial charge in [-0.3, -0.25) is 9.59 Å². The topological polar surface area (TPSA) is 89.0 Å². The molecule has 0 aliphatic heterocycles. The SMILES string of the molecule is C=CCOc1ccc(Cl)cc1/C=N\NC(=O)C(=O)Nc1cccc(OC)c1. The van der Waals surface area contributed by atoms with Crippen LogP contribution in [0.5, 0.6) is 11.5 Å². The van der Waals surface area contributed by atoms with Gasteiger partial charge in [-0.2, -0.15) is 5.10 Å². The predicted octanol–water partition coefficient (Wildman–Crippen LogP) is 3.00. The average molecular weight is 388 g/mol. The standard InChI is InChI=1S/C19H18ClN3O4/c1-3-9-27-17-8-7-14(20)10-13(17)12-21-23-19(25)18(24)22-15-5-4-6-16(11-15)26-2/h3-8,10-12H,1,9H2,2H3,(H,22,24)(H,23,25)/b21-12-. The number of nitrogens with zero attached hydrogens (tertiary/aromatic N) is 1. The molecule has 0 aliphatic carbocycles. The van der Waals surface area contributed by atoms with Crippen LogP contribution in [0.1, 0.15) is 5.56 Å². The summed E-state index contributed by atoms with van der Waals surface area (Å²) in [6.07, 6.45) is 2.93. The summed E-state index contributed by atoms with van der Waals surface area (Å²) in [5.74, 6) is -0.725. The Hall–Kier alpha value is -3.32. The maximum atomic E-state index is 11.9. The highest BCUT2D eigenvalue weighted by Crippen LogP contribution is 2.21. The van der Waals surface area contributed by atoms with Gasteiger partial charge in [0.05, 0.1) is 13.3 Å². The number of carbonyl (C=O) groups is 2. The van der Waals surface area contributed by atoms with Crippen molar-refractivity contribution in [2.24, 2.45) is 5.10 Å². The van der Waals surface area contributed by atoms with Crippen LogP contribution in [0.4, 0.5) is 5.69 Å². The summed E-state index contributed by atoms with van der Waals surface area (Å²) in [6, 6.07) is 11.6.